The molecule has 2 N–H and O–H groups in total. The van der Waals surface area contributed by atoms with Crippen molar-refractivity contribution in [1.82, 2.24) is 10.2 Å². The van der Waals surface area contributed by atoms with Crippen molar-refractivity contribution in [2.24, 2.45) is 0 Å². The van der Waals surface area contributed by atoms with Crippen LogP contribution in [0.3, 0.4) is 0 Å². The average molecular weight is 346 g/mol. The lowest BCUT2D eigenvalue weighted by atomic mass is 10.2. The van der Waals surface area contributed by atoms with Gasteiger partial charge in [-0.3, -0.25) is 14.5 Å². The van der Waals surface area contributed by atoms with Crippen molar-refractivity contribution in [3.8, 4) is 10.4 Å². The van der Waals surface area contributed by atoms with Gasteiger partial charge >= 0.3 is 5.97 Å². The Morgan fingerprint density at radius 2 is 1.92 bits per heavy atom. The number of carbonyl (C=O) groups is 2. The fourth-order valence-corrected chi connectivity index (χ4v) is 3.40. The number of hydrogen-bond acceptors (Lipinski definition) is 4. The summed E-state index contributed by atoms with van der Waals surface area (Å²) in [6, 6.07) is 13.6. The molecule has 24 heavy (non-hydrogen) atoms. The average Bonchev–Trinajstić information content (AvgIpc) is 3.02. The van der Waals surface area contributed by atoms with E-state index in [1.54, 1.807) is 18.3 Å². The summed E-state index contributed by atoms with van der Waals surface area (Å²) >= 11 is 1.66. The first-order valence-electron chi connectivity index (χ1n) is 7.83. The molecule has 0 aliphatic rings. The molecule has 5 nitrogen and oxygen atoms in total. The lowest BCUT2D eigenvalue weighted by Crippen LogP contribution is -2.42. The summed E-state index contributed by atoms with van der Waals surface area (Å²) < 4.78 is 0. The summed E-state index contributed by atoms with van der Waals surface area (Å²) in [7, 11) is 0. The van der Waals surface area contributed by atoms with Gasteiger partial charge in [0.15, 0.2) is 0 Å². The van der Waals surface area contributed by atoms with Gasteiger partial charge in [-0.25, -0.2) is 0 Å². The van der Waals surface area contributed by atoms with Gasteiger partial charge in [0.05, 0.1) is 0 Å². The number of aliphatic carboxylic acids is 1. The molecule has 1 aromatic heterocycles. The molecule has 1 atom stereocenters. The second-order valence-electron chi connectivity index (χ2n) is 5.60. The van der Waals surface area contributed by atoms with E-state index in [2.05, 4.69) is 23.5 Å². The van der Waals surface area contributed by atoms with Crippen LogP contribution in [0.5, 0.6) is 0 Å². The summed E-state index contributed by atoms with van der Waals surface area (Å²) in [6.45, 7) is 4.60. The third-order valence-electron chi connectivity index (χ3n) is 3.76. The number of carboxylic acid groups (broad SMARTS) is 1. The zero-order valence-corrected chi connectivity index (χ0v) is 14.7. The Morgan fingerprint density at radius 3 is 2.54 bits per heavy atom. The van der Waals surface area contributed by atoms with Gasteiger partial charge in [0.2, 0.25) is 5.91 Å². The fraction of sp³-hybridized carbons (Fsp3) is 0.333. The van der Waals surface area contributed by atoms with Crippen LogP contribution in [0.25, 0.3) is 10.4 Å². The van der Waals surface area contributed by atoms with Gasteiger partial charge in [0.1, 0.15) is 6.04 Å². The first-order valence-corrected chi connectivity index (χ1v) is 8.64. The standard InChI is InChI=1S/C18H22N2O3S/c1-13(18(22)23)20(11-10-19-14(2)21)12-16-8-9-17(24-16)15-6-4-3-5-7-15/h3-9,13H,10-12H2,1-2H3,(H,19,21)(H,22,23). The SMILES string of the molecule is CC(=O)NCCN(Cc1ccc(-c2ccccc2)s1)C(C)C(=O)O. The van der Waals surface area contributed by atoms with E-state index in [9.17, 15) is 14.7 Å². The Hall–Kier alpha value is -2.18. The van der Waals surface area contributed by atoms with E-state index >= 15 is 0 Å². The van der Waals surface area contributed by atoms with Gasteiger partial charge in [-0.2, -0.15) is 0 Å². The minimum atomic E-state index is -0.863. The molecule has 0 saturated carbocycles. The zero-order chi connectivity index (χ0) is 17.5. The molecule has 0 fully saturated rings. The second-order valence-corrected chi connectivity index (χ2v) is 6.77. The summed E-state index contributed by atoms with van der Waals surface area (Å²) in [4.78, 5) is 26.5. The number of carboxylic acids is 1. The Bertz CT molecular complexity index is 685. The molecule has 128 valence electrons. The molecule has 0 bridgehead atoms. The monoisotopic (exact) mass is 346 g/mol. The molecule has 0 aliphatic heterocycles. The maximum atomic E-state index is 11.3. The van der Waals surface area contributed by atoms with E-state index in [-0.39, 0.29) is 5.91 Å². The van der Waals surface area contributed by atoms with E-state index in [1.807, 2.05) is 29.2 Å². The molecule has 1 heterocycles. The predicted molar refractivity (Wildman–Crippen MR) is 95.9 cm³/mol. The molecular weight excluding hydrogens is 324 g/mol. The minimum Gasteiger partial charge on any atom is -0.480 e. The van der Waals surface area contributed by atoms with E-state index in [0.29, 0.717) is 19.6 Å². The van der Waals surface area contributed by atoms with Crippen molar-refractivity contribution < 1.29 is 14.7 Å². The van der Waals surface area contributed by atoms with Crippen LogP contribution in [-0.4, -0.2) is 41.0 Å². The van der Waals surface area contributed by atoms with E-state index in [1.165, 1.54) is 6.92 Å². The number of hydrogen-bond donors (Lipinski definition) is 2. The molecule has 1 amide bonds. The van der Waals surface area contributed by atoms with Crippen molar-refractivity contribution in [2.75, 3.05) is 13.1 Å². The fourth-order valence-electron chi connectivity index (χ4n) is 2.36. The van der Waals surface area contributed by atoms with Crippen LogP contribution in [0.15, 0.2) is 42.5 Å². The number of rotatable bonds is 8. The maximum absolute atomic E-state index is 11.3. The van der Waals surface area contributed by atoms with Crippen LogP contribution >= 0.6 is 11.3 Å². The van der Waals surface area contributed by atoms with Crippen molar-refractivity contribution in [3.63, 3.8) is 0 Å². The third-order valence-corrected chi connectivity index (χ3v) is 4.88. The van der Waals surface area contributed by atoms with Gasteiger partial charge in [-0.15, -0.1) is 11.3 Å². The van der Waals surface area contributed by atoms with Gasteiger partial charge in [0.25, 0.3) is 0 Å². The topological polar surface area (TPSA) is 69.6 Å². The number of thiophene rings is 1. The lowest BCUT2D eigenvalue weighted by Gasteiger charge is -2.25. The summed E-state index contributed by atoms with van der Waals surface area (Å²) in [5, 5.41) is 12.0. The predicted octanol–water partition coefficient (Wildman–Crippen LogP) is 2.83. The van der Waals surface area contributed by atoms with Crippen LogP contribution in [-0.2, 0) is 16.1 Å². The highest BCUT2D eigenvalue weighted by molar-refractivity contribution is 7.15. The van der Waals surface area contributed by atoms with Crippen molar-refractivity contribution in [3.05, 3.63) is 47.3 Å². The van der Waals surface area contributed by atoms with Crippen LogP contribution in [0.4, 0.5) is 0 Å². The summed E-state index contributed by atoms with van der Waals surface area (Å²) in [6.07, 6.45) is 0. The van der Waals surface area contributed by atoms with Crippen LogP contribution in [0.1, 0.15) is 18.7 Å². The maximum Gasteiger partial charge on any atom is 0.320 e. The largest absolute Gasteiger partial charge is 0.480 e. The molecule has 2 aromatic rings. The third kappa shape index (κ3) is 5.18. The van der Waals surface area contributed by atoms with Crippen molar-refractivity contribution in [1.29, 1.82) is 0 Å². The highest BCUT2D eigenvalue weighted by Crippen LogP contribution is 2.28. The van der Waals surface area contributed by atoms with Crippen molar-refractivity contribution in [2.45, 2.75) is 26.4 Å². The van der Waals surface area contributed by atoms with E-state index in [4.69, 9.17) is 0 Å². The Balaban J connectivity index is 2.07. The summed E-state index contributed by atoms with van der Waals surface area (Å²) in [5.41, 5.74) is 1.16. The molecule has 0 aliphatic carbocycles. The molecule has 0 spiro atoms. The number of carbonyl (C=O) groups excluding carboxylic acids is 1. The molecule has 1 aromatic carbocycles. The normalized spacial score (nSPS) is 12.1. The van der Waals surface area contributed by atoms with E-state index in [0.717, 1.165) is 15.3 Å². The first-order chi connectivity index (χ1) is 11.5. The number of nitrogens with one attached hydrogen (secondary N) is 1. The smallest absolute Gasteiger partial charge is 0.320 e. The molecular formula is C18H22N2O3S. The van der Waals surface area contributed by atoms with Crippen LogP contribution in [0, 0.1) is 0 Å². The molecule has 6 heteroatoms. The van der Waals surface area contributed by atoms with Gasteiger partial charge in [-0.1, -0.05) is 30.3 Å². The van der Waals surface area contributed by atoms with Gasteiger partial charge in [0, 0.05) is 36.3 Å². The van der Waals surface area contributed by atoms with Crippen LogP contribution < -0.4 is 5.32 Å². The quantitative estimate of drug-likeness (QED) is 0.771. The Labute approximate surface area is 145 Å². The molecule has 1 unspecified atom stereocenters. The van der Waals surface area contributed by atoms with Crippen molar-refractivity contribution >= 4 is 23.2 Å². The Kier molecular flexibility index (Phi) is 6.52. The first kappa shape index (κ1) is 18.2. The minimum absolute atomic E-state index is 0.111. The lowest BCUT2D eigenvalue weighted by molar-refractivity contribution is -0.142. The van der Waals surface area contributed by atoms with E-state index < -0.39 is 12.0 Å². The second kappa shape index (κ2) is 8.61. The molecule has 0 saturated heterocycles. The number of amides is 1. The van der Waals surface area contributed by atoms with Gasteiger partial charge < -0.3 is 10.4 Å². The summed E-state index contributed by atoms with van der Waals surface area (Å²) in [5.74, 6) is -0.974. The number of nitrogens with zero attached hydrogens (tertiary/aromatic N) is 1. The molecule has 0 radical (unpaired) electrons. The Morgan fingerprint density at radius 1 is 1.21 bits per heavy atom. The molecule has 2 rings (SSSR count). The van der Waals surface area contributed by atoms with Crippen LogP contribution in [0.2, 0.25) is 0 Å². The highest BCUT2D eigenvalue weighted by Gasteiger charge is 2.21. The highest BCUT2D eigenvalue weighted by atomic mass is 32.1. The number of benzene rings is 1. The van der Waals surface area contributed by atoms with Gasteiger partial charge in [-0.05, 0) is 24.6 Å². The zero-order valence-electron chi connectivity index (χ0n) is 13.9.